The molecular formula is C14H19FO2. The van der Waals surface area contributed by atoms with E-state index in [-0.39, 0.29) is 5.82 Å². The van der Waals surface area contributed by atoms with Gasteiger partial charge in [-0.25, -0.2) is 4.39 Å². The van der Waals surface area contributed by atoms with E-state index in [1.165, 1.54) is 12.1 Å². The number of ether oxygens (including phenoxy) is 1. The van der Waals surface area contributed by atoms with Gasteiger partial charge in [0, 0.05) is 13.2 Å². The van der Waals surface area contributed by atoms with E-state index in [2.05, 4.69) is 0 Å². The minimum atomic E-state index is -0.563. The van der Waals surface area contributed by atoms with Crippen molar-refractivity contribution < 1.29 is 14.2 Å². The van der Waals surface area contributed by atoms with Crippen LogP contribution in [0.1, 0.15) is 36.5 Å². The lowest BCUT2D eigenvalue weighted by Gasteiger charge is -2.24. The van der Waals surface area contributed by atoms with Gasteiger partial charge < -0.3 is 9.84 Å². The van der Waals surface area contributed by atoms with Crippen molar-refractivity contribution in [3.8, 4) is 0 Å². The summed E-state index contributed by atoms with van der Waals surface area (Å²) in [7, 11) is 0. The number of hydrogen-bond donors (Lipinski definition) is 1. The summed E-state index contributed by atoms with van der Waals surface area (Å²) in [6.07, 6.45) is 2.12. The van der Waals surface area contributed by atoms with Gasteiger partial charge in [-0.15, -0.1) is 0 Å². The first kappa shape index (κ1) is 12.5. The number of halogens is 1. The lowest BCUT2D eigenvalue weighted by atomic mass is 9.90. The molecule has 94 valence electrons. The molecule has 0 aliphatic carbocycles. The Labute approximate surface area is 101 Å². The molecular weight excluding hydrogens is 219 g/mol. The molecule has 2 nitrogen and oxygen atoms in total. The van der Waals surface area contributed by atoms with Crippen molar-refractivity contribution in [2.75, 3.05) is 13.2 Å². The predicted octanol–water partition coefficient (Wildman–Crippen LogP) is 2.98. The zero-order valence-electron chi connectivity index (χ0n) is 10.2. The summed E-state index contributed by atoms with van der Waals surface area (Å²) >= 11 is 0. The summed E-state index contributed by atoms with van der Waals surface area (Å²) in [4.78, 5) is 0. The normalized spacial score (nSPS) is 19.2. The molecule has 0 saturated carbocycles. The van der Waals surface area contributed by atoms with Crippen molar-refractivity contribution in [1.29, 1.82) is 0 Å². The average molecular weight is 238 g/mol. The maximum Gasteiger partial charge on any atom is 0.123 e. The molecule has 1 saturated heterocycles. The van der Waals surface area contributed by atoms with Gasteiger partial charge in [0.1, 0.15) is 5.82 Å². The van der Waals surface area contributed by atoms with Crippen LogP contribution < -0.4 is 0 Å². The van der Waals surface area contributed by atoms with Crippen LogP contribution in [0.4, 0.5) is 4.39 Å². The van der Waals surface area contributed by atoms with Crippen molar-refractivity contribution in [2.45, 2.75) is 32.3 Å². The highest BCUT2D eigenvalue weighted by Gasteiger charge is 2.19. The van der Waals surface area contributed by atoms with Gasteiger partial charge in [-0.05, 0) is 55.4 Å². The highest BCUT2D eigenvalue weighted by atomic mass is 19.1. The van der Waals surface area contributed by atoms with Gasteiger partial charge in [-0.2, -0.15) is 0 Å². The van der Waals surface area contributed by atoms with Crippen molar-refractivity contribution >= 4 is 0 Å². The van der Waals surface area contributed by atoms with Crippen LogP contribution in [0.15, 0.2) is 18.2 Å². The second-order valence-corrected chi connectivity index (χ2v) is 4.87. The molecule has 0 aromatic heterocycles. The number of aliphatic hydroxyl groups excluding tert-OH is 1. The smallest absolute Gasteiger partial charge is 0.123 e. The zero-order chi connectivity index (χ0) is 12.3. The molecule has 1 aliphatic heterocycles. The number of aryl methyl sites for hydroxylation is 1. The molecule has 1 N–H and O–H groups in total. The zero-order valence-corrected chi connectivity index (χ0v) is 10.2. The summed E-state index contributed by atoms with van der Waals surface area (Å²) in [6.45, 7) is 3.40. The van der Waals surface area contributed by atoms with E-state index in [1.54, 1.807) is 0 Å². The quantitative estimate of drug-likeness (QED) is 0.877. The van der Waals surface area contributed by atoms with Crippen LogP contribution in [0.5, 0.6) is 0 Å². The van der Waals surface area contributed by atoms with E-state index in [0.29, 0.717) is 17.9 Å². The molecule has 0 radical (unpaired) electrons. The minimum absolute atomic E-state index is 0.272. The van der Waals surface area contributed by atoms with Gasteiger partial charge in [-0.1, -0.05) is 6.07 Å². The second-order valence-electron chi connectivity index (χ2n) is 4.87. The Bertz CT molecular complexity index is 352. The molecule has 0 spiro atoms. The van der Waals surface area contributed by atoms with Crippen LogP contribution in [-0.4, -0.2) is 18.3 Å². The molecule has 0 bridgehead atoms. The maximum atomic E-state index is 13.2. The molecule has 1 aromatic carbocycles. The highest BCUT2D eigenvalue weighted by molar-refractivity contribution is 5.25. The first-order valence-electron chi connectivity index (χ1n) is 6.18. The summed E-state index contributed by atoms with van der Waals surface area (Å²) in [5.74, 6) is 0.216. The van der Waals surface area contributed by atoms with Gasteiger partial charge in [0.05, 0.1) is 6.10 Å². The first-order chi connectivity index (χ1) is 8.15. The molecule has 1 atom stereocenters. The molecule has 1 fully saturated rings. The van der Waals surface area contributed by atoms with Crippen molar-refractivity contribution in [1.82, 2.24) is 0 Å². The number of hydrogen-bond acceptors (Lipinski definition) is 2. The summed E-state index contributed by atoms with van der Waals surface area (Å²) in [6, 6.07) is 4.76. The Morgan fingerprint density at radius 2 is 2.06 bits per heavy atom. The lowest BCUT2D eigenvalue weighted by molar-refractivity contribution is 0.0434. The van der Waals surface area contributed by atoms with Crippen molar-refractivity contribution in [3.05, 3.63) is 35.1 Å². The number of rotatable bonds is 3. The molecule has 1 heterocycles. The van der Waals surface area contributed by atoms with Crippen molar-refractivity contribution in [2.24, 2.45) is 5.92 Å². The Hall–Kier alpha value is -0.930. The maximum absolute atomic E-state index is 13.2. The van der Waals surface area contributed by atoms with Crippen LogP contribution in [0, 0.1) is 18.7 Å². The Morgan fingerprint density at radius 3 is 2.71 bits per heavy atom. The van der Waals surface area contributed by atoms with Crippen LogP contribution in [0.3, 0.4) is 0 Å². The molecule has 3 heteroatoms. The van der Waals surface area contributed by atoms with Crippen LogP contribution in [0.2, 0.25) is 0 Å². The molecule has 17 heavy (non-hydrogen) atoms. The average Bonchev–Trinajstić information content (AvgIpc) is 2.29. The monoisotopic (exact) mass is 238 g/mol. The topological polar surface area (TPSA) is 29.5 Å². The van der Waals surface area contributed by atoms with E-state index in [1.807, 2.05) is 13.0 Å². The number of benzene rings is 1. The Balaban J connectivity index is 2.00. The van der Waals surface area contributed by atoms with E-state index < -0.39 is 6.10 Å². The van der Waals surface area contributed by atoms with Crippen molar-refractivity contribution in [3.63, 3.8) is 0 Å². The summed E-state index contributed by atoms with van der Waals surface area (Å²) in [5.41, 5.74) is 1.54. The van der Waals surface area contributed by atoms with E-state index >= 15 is 0 Å². The molecule has 1 unspecified atom stereocenters. The Kier molecular flexibility index (Phi) is 4.13. The molecule has 1 aromatic rings. The van der Waals surface area contributed by atoms with E-state index in [9.17, 15) is 9.50 Å². The standard InChI is InChI=1S/C14H19FO2/c1-10-6-12(9-13(15)7-10)14(16)8-11-2-4-17-5-3-11/h6-7,9,11,14,16H,2-5,8H2,1H3. The third-order valence-electron chi connectivity index (χ3n) is 3.35. The van der Waals surface area contributed by atoms with Crippen LogP contribution in [0.25, 0.3) is 0 Å². The summed E-state index contributed by atoms with van der Waals surface area (Å²) < 4.78 is 18.5. The first-order valence-corrected chi connectivity index (χ1v) is 6.18. The van der Waals surface area contributed by atoms with Gasteiger partial charge in [-0.3, -0.25) is 0 Å². The SMILES string of the molecule is Cc1cc(F)cc(C(O)CC2CCOCC2)c1. The molecule has 0 amide bonds. The highest BCUT2D eigenvalue weighted by Crippen LogP contribution is 2.28. The minimum Gasteiger partial charge on any atom is -0.388 e. The fourth-order valence-electron chi connectivity index (χ4n) is 2.39. The van der Waals surface area contributed by atoms with Crippen LogP contribution in [-0.2, 0) is 4.74 Å². The van der Waals surface area contributed by atoms with E-state index in [0.717, 1.165) is 31.6 Å². The molecule has 1 aliphatic rings. The summed E-state index contributed by atoms with van der Waals surface area (Å²) in [5, 5.41) is 10.1. The predicted molar refractivity (Wildman–Crippen MR) is 64.3 cm³/mol. The van der Waals surface area contributed by atoms with Gasteiger partial charge in [0.15, 0.2) is 0 Å². The Morgan fingerprint density at radius 1 is 1.35 bits per heavy atom. The van der Waals surface area contributed by atoms with Gasteiger partial charge in [0.25, 0.3) is 0 Å². The third kappa shape index (κ3) is 3.51. The lowest BCUT2D eigenvalue weighted by Crippen LogP contribution is -2.18. The largest absolute Gasteiger partial charge is 0.388 e. The second kappa shape index (κ2) is 5.61. The van der Waals surface area contributed by atoms with Gasteiger partial charge >= 0.3 is 0 Å². The van der Waals surface area contributed by atoms with E-state index in [4.69, 9.17) is 4.74 Å². The fourth-order valence-corrected chi connectivity index (χ4v) is 2.39. The fraction of sp³-hybridized carbons (Fsp3) is 0.571. The number of aliphatic hydroxyl groups is 1. The van der Waals surface area contributed by atoms with Gasteiger partial charge in [0.2, 0.25) is 0 Å². The molecule has 2 rings (SSSR count). The van der Waals surface area contributed by atoms with Crippen LogP contribution >= 0.6 is 0 Å². The third-order valence-corrected chi connectivity index (χ3v) is 3.35.